The van der Waals surface area contributed by atoms with Crippen molar-refractivity contribution in [1.82, 2.24) is 15.1 Å². The second-order valence-electron chi connectivity index (χ2n) is 3.26. The van der Waals surface area contributed by atoms with Gasteiger partial charge in [0.25, 0.3) is 0 Å². The predicted octanol–water partition coefficient (Wildman–Crippen LogP) is 0.549. The maximum absolute atomic E-state index is 11.2. The Bertz CT molecular complexity index is 339. The first-order chi connectivity index (χ1) is 7.24. The van der Waals surface area contributed by atoms with Crippen LogP contribution < -0.4 is 5.32 Å². The molecular weight excluding hydrogens is 192 g/mol. The van der Waals surface area contributed by atoms with E-state index >= 15 is 0 Å². The van der Waals surface area contributed by atoms with Gasteiger partial charge in [0.2, 0.25) is 5.91 Å². The molecule has 0 aliphatic carbocycles. The molecule has 80 valence electrons. The number of nitrogens with one attached hydrogen (secondary N) is 1. The number of hydrogen-bond donors (Lipinski definition) is 1. The highest BCUT2D eigenvalue weighted by Gasteiger charge is 2.09. The van der Waals surface area contributed by atoms with E-state index in [9.17, 15) is 4.79 Å². The normalized spacial score (nSPS) is 11.7. The fourth-order valence-electron chi connectivity index (χ4n) is 1.10. The lowest BCUT2D eigenvalue weighted by atomic mass is 10.2. The predicted molar refractivity (Wildman–Crippen MR) is 54.6 cm³/mol. The Labute approximate surface area is 88.7 Å². The van der Waals surface area contributed by atoms with Crippen LogP contribution in [0.2, 0.25) is 0 Å². The molecule has 0 saturated carbocycles. The summed E-state index contributed by atoms with van der Waals surface area (Å²) < 4.78 is 1.81. The van der Waals surface area contributed by atoms with Gasteiger partial charge in [0.15, 0.2) is 0 Å². The van der Waals surface area contributed by atoms with Crippen LogP contribution in [0, 0.1) is 17.2 Å². The summed E-state index contributed by atoms with van der Waals surface area (Å²) in [6.45, 7) is 2.93. The number of hydrogen-bond acceptors (Lipinski definition) is 3. The maximum atomic E-state index is 11.2. The van der Waals surface area contributed by atoms with Crippen molar-refractivity contribution in [1.29, 1.82) is 5.26 Å². The van der Waals surface area contributed by atoms with Gasteiger partial charge in [0.1, 0.15) is 5.92 Å². The second-order valence-corrected chi connectivity index (χ2v) is 3.26. The van der Waals surface area contributed by atoms with E-state index in [-0.39, 0.29) is 5.91 Å². The van der Waals surface area contributed by atoms with Gasteiger partial charge in [-0.3, -0.25) is 9.48 Å². The third-order valence-electron chi connectivity index (χ3n) is 2.01. The van der Waals surface area contributed by atoms with E-state index in [0.717, 1.165) is 13.0 Å². The van der Waals surface area contributed by atoms with Gasteiger partial charge in [0.05, 0.1) is 6.07 Å². The average molecular weight is 206 g/mol. The molecule has 1 atom stereocenters. The van der Waals surface area contributed by atoms with E-state index in [1.165, 1.54) is 0 Å². The van der Waals surface area contributed by atoms with Gasteiger partial charge in [-0.2, -0.15) is 10.4 Å². The summed E-state index contributed by atoms with van der Waals surface area (Å²) >= 11 is 0. The summed E-state index contributed by atoms with van der Waals surface area (Å²) in [5, 5.41) is 15.2. The van der Waals surface area contributed by atoms with Gasteiger partial charge >= 0.3 is 0 Å². The number of carbonyl (C=O) groups is 1. The monoisotopic (exact) mass is 206 g/mol. The van der Waals surface area contributed by atoms with Gasteiger partial charge in [0, 0.05) is 25.5 Å². The standard InChI is InChI=1S/C10H14N4O/c1-9(8-11)10(15)12-4-2-6-14-7-3-5-13-14/h3,5,7,9H,2,4,6H2,1H3,(H,12,15). The molecule has 5 nitrogen and oxygen atoms in total. The van der Waals surface area contributed by atoms with Crippen LogP contribution in [-0.2, 0) is 11.3 Å². The Kier molecular flexibility index (Phi) is 4.35. The van der Waals surface area contributed by atoms with Gasteiger partial charge < -0.3 is 5.32 Å². The quantitative estimate of drug-likeness (QED) is 0.715. The summed E-state index contributed by atoms with van der Waals surface area (Å²) in [6.07, 6.45) is 4.40. The first-order valence-electron chi connectivity index (χ1n) is 4.89. The van der Waals surface area contributed by atoms with Crippen LogP contribution in [0.4, 0.5) is 0 Å². The minimum absolute atomic E-state index is 0.210. The van der Waals surface area contributed by atoms with Crippen molar-refractivity contribution in [2.45, 2.75) is 19.9 Å². The molecule has 0 bridgehead atoms. The van der Waals surface area contributed by atoms with Crippen LogP contribution in [0.3, 0.4) is 0 Å². The van der Waals surface area contributed by atoms with Crippen LogP contribution in [0.15, 0.2) is 18.5 Å². The molecule has 0 spiro atoms. The summed E-state index contributed by atoms with van der Waals surface area (Å²) in [5.41, 5.74) is 0. The van der Waals surface area contributed by atoms with Crippen molar-refractivity contribution >= 4 is 5.91 Å². The van der Waals surface area contributed by atoms with Crippen LogP contribution in [0.5, 0.6) is 0 Å². The lowest BCUT2D eigenvalue weighted by molar-refractivity contribution is -0.122. The Hall–Kier alpha value is -1.83. The minimum atomic E-state index is -0.574. The van der Waals surface area contributed by atoms with Crippen molar-refractivity contribution in [3.8, 4) is 6.07 Å². The number of carbonyl (C=O) groups excluding carboxylic acids is 1. The van der Waals surface area contributed by atoms with E-state index < -0.39 is 5.92 Å². The zero-order chi connectivity index (χ0) is 11.1. The molecule has 1 N–H and O–H groups in total. The topological polar surface area (TPSA) is 70.7 Å². The maximum Gasteiger partial charge on any atom is 0.237 e. The number of aryl methyl sites for hydroxylation is 1. The van der Waals surface area contributed by atoms with Crippen molar-refractivity contribution in [3.63, 3.8) is 0 Å². The summed E-state index contributed by atoms with van der Waals surface area (Å²) in [5.74, 6) is -0.785. The zero-order valence-corrected chi connectivity index (χ0v) is 8.68. The SMILES string of the molecule is CC(C#N)C(=O)NCCCn1cccn1. The fraction of sp³-hybridized carbons (Fsp3) is 0.500. The van der Waals surface area contributed by atoms with Crippen molar-refractivity contribution in [2.75, 3.05) is 6.54 Å². The molecule has 0 aliphatic heterocycles. The lowest BCUT2D eigenvalue weighted by Gasteiger charge is -2.05. The molecule has 1 rings (SSSR count). The van der Waals surface area contributed by atoms with Crippen LogP contribution in [0.25, 0.3) is 0 Å². The minimum Gasteiger partial charge on any atom is -0.355 e. The lowest BCUT2D eigenvalue weighted by Crippen LogP contribution is -2.29. The van der Waals surface area contributed by atoms with E-state index in [1.54, 1.807) is 17.8 Å². The first kappa shape index (κ1) is 11.2. The highest BCUT2D eigenvalue weighted by atomic mass is 16.1. The molecule has 1 aromatic rings. The van der Waals surface area contributed by atoms with E-state index in [2.05, 4.69) is 10.4 Å². The molecule has 0 radical (unpaired) electrons. The Morgan fingerprint density at radius 3 is 3.13 bits per heavy atom. The molecular formula is C10H14N4O. The number of rotatable bonds is 5. The van der Waals surface area contributed by atoms with E-state index in [4.69, 9.17) is 5.26 Å². The zero-order valence-electron chi connectivity index (χ0n) is 8.68. The number of aromatic nitrogens is 2. The number of nitriles is 1. The molecule has 1 aromatic heterocycles. The Balaban J connectivity index is 2.12. The molecule has 1 heterocycles. The van der Waals surface area contributed by atoms with Crippen molar-refractivity contribution in [2.24, 2.45) is 5.92 Å². The van der Waals surface area contributed by atoms with Crippen molar-refractivity contribution < 1.29 is 4.79 Å². The molecule has 0 aromatic carbocycles. The van der Waals surface area contributed by atoms with E-state index in [0.29, 0.717) is 6.54 Å². The molecule has 5 heteroatoms. The molecule has 1 unspecified atom stereocenters. The highest BCUT2D eigenvalue weighted by Crippen LogP contribution is 1.92. The van der Waals surface area contributed by atoms with Crippen LogP contribution in [0.1, 0.15) is 13.3 Å². The molecule has 0 saturated heterocycles. The highest BCUT2D eigenvalue weighted by molar-refractivity contribution is 5.80. The molecule has 0 fully saturated rings. The Morgan fingerprint density at radius 1 is 1.73 bits per heavy atom. The molecule has 15 heavy (non-hydrogen) atoms. The van der Waals surface area contributed by atoms with Gasteiger partial charge in [-0.05, 0) is 19.4 Å². The summed E-state index contributed by atoms with van der Waals surface area (Å²) in [6, 6.07) is 3.75. The summed E-state index contributed by atoms with van der Waals surface area (Å²) in [4.78, 5) is 11.2. The first-order valence-corrected chi connectivity index (χ1v) is 4.89. The number of amides is 1. The average Bonchev–Trinajstić information content (AvgIpc) is 2.75. The second kappa shape index (κ2) is 5.81. The largest absolute Gasteiger partial charge is 0.355 e. The van der Waals surface area contributed by atoms with Gasteiger partial charge in [-0.25, -0.2) is 0 Å². The molecule has 0 aliphatic rings. The fourth-order valence-corrected chi connectivity index (χ4v) is 1.10. The van der Waals surface area contributed by atoms with E-state index in [1.807, 2.05) is 18.3 Å². The third kappa shape index (κ3) is 3.81. The van der Waals surface area contributed by atoms with Gasteiger partial charge in [-0.1, -0.05) is 0 Å². The third-order valence-corrected chi connectivity index (χ3v) is 2.01. The smallest absolute Gasteiger partial charge is 0.237 e. The Morgan fingerprint density at radius 2 is 2.53 bits per heavy atom. The molecule has 1 amide bonds. The number of nitrogens with zero attached hydrogens (tertiary/aromatic N) is 3. The van der Waals surface area contributed by atoms with Gasteiger partial charge in [-0.15, -0.1) is 0 Å². The van der Waals surface area contributed by atoms with Crippen LogP contribution >= 0.6 is 0 Å². The van der Waals surface area contributed by atoms with Crippen molar-refractivity contribution in [3.05, 3.63) is 18.5 Å². The summed E-state index contributed by atoms with van der Waals surface area (Å²) in [7, 11) is 0. The van der Waals surface area contributed by atoms with Crippen LogP contribution in [-0.4, -0.2) is 22.2 Å².